The van der Waals surface area contributed by atoms with Gasteiger partial charge in [-0.05, 0) is 60.9 Å². The molecule has 7 heteroatoms. The second-order valence-corrected chi connectivity index (χ2v) is 16.4. The van der Waals surface area contributed by atoms with Crippen molar-refractivity contribution in [1.29, 1.82) is 0 Å². The van der Waals surface area contributed by atoms with Crippen LogP contribution in [0.4, 0.5) is 0 Å². The van der Waals surface area contributed by atoms with Crippen LogP contribution in [-0.4, -0.2) is 30.9 Å². The maximum atomic E-state index is 13.1. The Kier molecular flexibility index (Phi) is 6.49. The van der Waals surface area contributed by atoms with Gasteiger partial charge in [-0.3, -0.25) is 0 Å². The monoisotopic (exact) mass is 555 g/mol. The summed E-state index contributed by atoms with van der Waals surface area (Å²) in [4.78, 5) is 25.8. The number of halogens is 1. The van der Waals surface area contributed by atoms with Crippen molar-refractivity contribution in [3.05, 3.63) is 70.5 Å². The summed E-state index contributed by atoms with van der Waals surface area (Å²) in [5, 5.41) is 3.01. The van der Waals surface area contributed by atoms with Crippen LogP contribution in [0, 0.1) is 11.3 Å². The van der Waals surface area contributed by atoms with Gasteiger partial charge in [0.05, 0.1) is 5.54 Å². The minimum atomic E-state index is -1.92. The molecule has 2 saturated heterocycles. The van der Waals surface area contributed by atoms with E-state index in [1.807, 2.05) is 12.1 Å². The van der Waals surface area contributed by atoms with E-state index in [1.165, 1.54) is 18.0 Å². The molecular formula is C28H34BrNO4Si. The number of benzene rings is 2. The van der Waals surface area contributed by atoms with Gasteiger partial charge in [-0.1, -0.05) is 84.3 Å². The van der Waals surface area contributed by atoms with Crippen LogP contribution >= 0.6 is 15.9 Å². The maximum absolute atomic E-state index is 13.1. The molecule has 2 heterocycles. The third kappa shape index (κ3) is 4.52. The smallest absolute Gasteiger partial charge is 0.343 e. The van der Waals surface area contributed by atoms with Crippen molar-refractivity contribution in [2.75, 3.05) is 0 Å². The average molecular weight is 557 g/mol. The van der Waals surface area contributed by atoms with Crippen LogP contribution in [0.1, 0.15) is 46.0 Å². The SMILES string of the molecule is C[C@@]12CCCC[C@H]1[C@@]1(C)C[C@H](C(=O)Oc3ccc(Br)cc3)ON1O/C2=C/[Si](C)(C)c1ccccc1. The number of ether oxygens (including phenoxy) is 1. The summed E-state index contributed by atoms with van der Waals surface area (Å²) in [6.45, 7) is 9.26. The molecule has 2 aliphatic heterocycles. The second kappa shape index (κ2) is 9.18. The summed E-state index contributed by atoms with van der Waals surface area (Å²) < 4.78 is 6.59. The van der Waals surface area contributed by atoms with E-state index in [4.69, 9.17) is 14.4 Å². The standard InChI is InChI=1S/C28H34BrNO4Si/c1-27-17-9-8-12-24(27)28(2)18-23(26(31)32-21-15-13-20(29)14-16-21)33-30(28)34-25(27)19-35(3,4)22-10-6-5-7-11-22/h5-7,10-11,13-16,19,23-24H,8-9,12,17-18H2,1-4H3/b25-19+/t23-,24-,27-,28-/m1/s1. The fourth-order valence-electron chi connectivity index (χ4n) is 6.22. The molecular weight excluding hydrogens is 522 g/mol. The highest BCUT2D eigenvalue weighted by atomic mass is 79.9. The number of carbonyl (C=O) groups is 1. The number of esters is 1. The van der Waals surface area contributed by atoms with E-state index in [0.717, 1.165) is 23.1 Å². The lowest BCUT2D eigenvalue weighted by Gasteiger charge is -2.55. The van der Waals surface area contributed by atoms with Gasteiger partial charge >= 0.3 is 5.97 Å². The molecule has 1 aliphatic carbocycles. The fourth-order valence-corrected chi connectivity index (χ4v) is 8.74. The zero-order chi connectivity index (χ0) is 24.8. The van der Waals surface area contributed by atoms with E-state index in [-0.39, 0.29) is 11.4 Å². The molecule has 0 bridgehead atoms. The first-order chi connectivity index (χ1) is 16.6. The Balaban J connectivity index is 1.44. The Morgan fingerprint density at radius 1 is 1.11 bits per heavy atom. The topological polar surface area (TPSA) is 48.0 Å². The van der Waals surface area contributed by atoms with E-state index in [2.05, 4.69) is 78.9 Å². The molecule has 0 radical (unpaired) electrons. The van der Waals surface area contributed by atoms with Crippen molar-refractivity contribution >= 4 is 35.2 Å². The number of fused-ring (bicyclic) bond motifs is 3. The zero-order valence-corrected chi connectivity index (χ0v) is 23.5. The van der Waals surface area contributed by atoms with Gasteiger partial charge in [-0.15, -0.1) is 0 Å². The largest absolute Gasteiger partial charge is 0.425 e. The molecule has 1 saturated carbocycles. The first-order valence-corrected chi connectivity index (χ1v) is 16.4. The fraction of sp³-hybridized carbons (Fsp3) is 0.464. The summed E-state index contributed by atoms with van der Waals surface area (Å²) in [5.74, 6) is 1.46. The van der Waals surface area contributed by atoms with Gasteiger partial charge in [0.2, 0.25) is 0 Å². The van der Waals surface area contributed by atoms with Crippen molar-refractivity contribution in [3.8, 4) is 5.75 Å². The molecule has 5 rings (SSSR count). The van der Waals surface area contributed by atoms with Gasteiger partial charge < -0.3 is 9.57 Å². The average Bonchev–Trinajstić information content (AvgIpc) is 3.18. The molecule has 2 aromatic rings. The van der Waals surface area contributed by atoms with Gasteiger partial charge in [0.25, 0.3) is 0 Å². The molecule has 3 fully saturated rings. The van der Waals surface area contributed by atoms with Crippen LogP contribution in [0.25, 0.3) is 0 Å². The molecule has 0 aromatic heterocycles. The Labute approximate surface area is 217 Å². The molecule has 0 spiro atoms. The van der Waals surface area contributed by atoms with Gasteiger partial charge in [0.1, 0.15) is 19.6 Å². The highest BCUT2D eigenvalue weighted by Crippen LogP contribution is 2.59. The third-order valence-electron chi connectivity index (χ3n) is 8.25. The summed E-state index contributed by atoms with van der Waals surface area (Å²) in [6.07, 6.45) is 4.40. The molecule has 35 heavy (non-hydrogen) atoms. The summed E-state index contributed by atoms with van der Waals surface area (Å²) in [5.41, 5.74) is 1.92. The quantitative estimate of drug-likeness (QED) is 0.251. The predicted molar refractivity (Wildman–Crippen MR) is 142 cm³/mol. The highest BCUT2D eigenvalue weighted by molar-refractivity contribution is 9.10. The number of nitrogens with zero attached hydrogens (tertiary/aromatic N) is 1. The number of allylic oxidation sites excluding steroid dienone is 1. The number of carbonyl (C=O) groups excluding carboxylic acids is 1. The van der Waals surface area contributed by atoms with E-state index in [9.17, 15) is 4.79 Å². The first-order valence-electron chi connectivity index (χ1n) is 12.5. The van der Waals surface area contributed by atoms with Crippen LogP contribution < -0.4 is 9.92 Å². The van der Waals surface area contributed by atoms with Gasteiger partial charge in [0.15, 0.2) is 6.10 Å². The predicted octanol–water partition coefficient (Wildman–Crippen LogP) is 6.30. The highest BCUT2D eigenvalue weighted by Gasteiger charge is 2.63. The molecule has 0 amide bonds. The summed E-state index contributed by atoms with van der Waals surface area (Å²) >= 11 is 3.41. The number of rotatable bonds is 4. The lowest BCUT2D eigenvalue weighted by atomic mass is 9.58. The zero-order valence-electron chi connectivity index (χ0n) is 20.9. The van der Waals surface area contributed by atoms with Crippen LogP contribution in [0.15, 0.2) is 70.5 Å². The first kappa shape index (κ1) is 24.7. The van der Waals surface area contributed by atoms with E-state index in [0.29, 0.717) is 18.1 Å². The van der Waals surface area contributed by atoms with Crippen molar-refractivity contribution in [1.82, 2.24) is 5.23 Å². The minimum absolute atomic E-state index is 0.0869. The van der Waals surface area contributed by atoms with E-state index >= 15 is 0 Å². The Morgan fingerprint density at radius 2 is 1.83 bits per heavy atom. The lowest BCUT2D eigenvalue weighted by molar-refractivity contribution is -0.405. The molecule has 186 valence electrons. The molecule has 4 atom stereocenters. The Hall–Kier alpha value is -1.93. The maximum Gasteiger partial charge on any atom is 0.343 e. The Morgan fingerprint density at radius 3 is 2.54 bits per heavy atom. The minimum Gasteiger partial charge on any atom is -0.425 e. The molecule has 2 aromatic carbocycles. The Bertz CT molecular complexity index is 1120. The van der Waals surface area contributed by atoms with Crippen molar-refractivity contribution < 1.29 is 19.2 Å². The summed E-state index contributed by atoms with van der Waals surface area (Å²) in [7, 11) is -1.92. The van der Waals surface area contributed by atoms with Gasteiger partial charge in [-0.2, -0.15) is 0 Å². The number of hydrogen-bond acceptors (Lipinski definition) is 5. The van der Waals surface area contributed by atoms with Crippen LogP contribution in [0.3, 0.4) is 0 Å². The normalized spacial score (nSPS) is 32.0. The lowest BCUT2D eigenvalue weighted by Crippen LogP contribution is -2.59. The number of hydroxylamine groups is 2. The van der Waals surface area contributed by atoms with Crippen LogP contribution in [0.2, 0.25) is 13.1 Å². The second-order valence-electron chi connectivity index (χ2n) is 11.2. The van der Waals surface area contributed by atoms with Gasteiger partial charge in [0, 0.05) is 16.3 Å². The van der Waals surface area contributed by atoms with Crippen LogP contribution in [-0.2, 0) is 14.5 Å². The summed E-state index contributed by atoms with van der Waals surface area (Å²) in [6, 6.07) is 18.0. The van der Waals surface area contributed by atoms with Crippen molar-refractivity contribution in [3.63, 3.8) is 0 Å². The van der Waals surface area contributed by atoms with Crippen molar-refractivity contribution in [2.45, 2.75) is 70.7 Å². The van der Waals surface area contributed by atoms with Gasteiger partial charge in [-0.25, -0.2) is 9.63 Å². The number of hydrogen-bond donors (Lipinski definition) is 0. The van der Waals surface area contributed by atoms with E-state index in [1.54, 1.807) is 17.4 Å². The van der Waals surface area contributed by atoms with Crippen molar-refractivity contribution in [2.24, 2.45) is 11.3 Å². The molecule has 3 aliphatic rings. The molecule has 5 nitrogen and oxygen atoms in total. The molecule has 0 N–H and O–H groups in total. The van der Waals surface area contributed by atoms with E-state index < -0.39 is 19.7 Å². The molecule has 0 unspecified atom stereocenters. The van der Waals surface area contributed by atoms with Crippen LogP contribution in [0.5, 0.6) is 5.75 Å². The third-order valence-corrected chi connectivity index (χ3v) is 11.6.